The number of hydrogen-bond acceptors (Lipinski definition) is 4. The standard InChI is InChI=1S/C8H4N2OS/c9-4-6-5-10-12-8(6)7-2-1-3-11-7/h1-3,5H. The summed E-state index contributed by atoms with van der Waals surface area (Å²) in [5.74, 6) is 0.703. The maximum atomic E-state index is 8.68. The second kappa shape index (κ2) is 2.80. The van der Waals surface area contributed by atoms with Crippen molar-refractivity contribution in [3.8, 4) is 16.7 Å². The van der Waals surface area contributed by atoms with Crippen molar-refractivity contribution in [2.24, 2.45) is 0 Å². The molecule has 12 heavy (non-hydrogen) atoms. The smallest absolute Gasteiger partial charge is 0.146 e. The number of rotatable bonds is 1. The largest absolute Gasteiger partial charge is 0.463 e. The van der Waals surface area contributed by atoms with E-state index in [0.717, 1.165) is 4.88 Å². The molecule has 0 N–H and O–H groups in total. The van der Waals surface area contributed by atoms with Gasteiger partial charge in [0.25, 0.3) is 0 Å². The third kappa shape index (κ3) is 1.00. The van der Waals surface area contributed by atoms with Gasteiger partial charge in [-0.05, 0) is 23.7 Å². The molecule has 3 nitrogen and oxygen atoms in total. The van der Waals surface area contributed by atoms with Crippen molar-refractivity contribution in [3.63, 3.8) is 0 Å². The quantitative estimate of drug-likeness (QED) is 0.669. The van der Waals surface area contributed by atoms with E-state index in [1.54, 1.807) is 18.5 Å². The second-order valence-electron chi connectivity index (χ2n) is 2.16. The molecule has 58 valence electrons. The van der Waals surface area contributed by atoms with Gasteiger partial charge in [0, 0.05) is 0 Å². The number of furan rings is 1. The Bertz CT molecular complexity index is 410. The average molecular weight is 176 g/mol. The van der Waals surface area contributed by atoms with Gasteiger partial charge in [-0.3, -0.25) is 0 Å². The highest BCUT2D eigenvalue weighted by Crippen LogP contribution is 2.26. The lowest BCUT2D eigenvalue weighted by molar-refractivity contribution is 0.583. The van der Waals surface area contributed by atoms with Crippen LogP contribution in [0.25, 0.3) is 10.6 Å². The SMILES string of the molecule is N#Cc1cnsc1-c1ccco1. The van der Waals surface area contributed by atoms with Gasteiger partial charge in [0.05, 0.1) is 18.0 Å². The summed E-state index contributed by atoms with van der Waals surface area (Å²) in [6, 6.07) is 5.65. The van der Waals surface area contributed by atoms with Crippen LogP contribution in [0.3, 0.4) is 0 Å². The van der Waals surface area contributed by atoms with E-state index in [9.17, 15) is 0 Å². The fraction of sp³-hybridized carbons (Fsp3) is 0. The normalized spacial score (nSPS) is 9.58. The van der Waals surface area contributed by atoms with E-state index in [1.807, 2.05) is 6.07 Å². The first-order valence-corrected chi connectivity index (χ1v) is 4.08. The van der Waals surface area contributed by atoms with Crippen molar-refractivity contribution in [1.82, 2.24) is 4.37 Å². The first-order valence-electron chi connectivity index (χ1n) is 3.30. The molecule has 2 aromatic rings. The van der Waals surface area contributed by atoms with Crippen LogP contribution in [0.4, 0.5) is 0 Å². The van der Waals surface area contributed by atoms with Crippen LogP contribution in [0.5, 0.6) is 0 Å². The van der Waals surface area contributed by atoms with Crippen LogP contribution < -0.4 is 0 Å². The van der Waals surface area contributed by atoms with Crippen molar-refractivity contribution in [2.45, 2.75) is 0 Å². The molecule has 0 saturated carbocycles. The Balaban J connectivity index is 2.55. The highest BCUT2D eigenvalue weighted by Gasteiger charge is 2.09. The van der Waals surface area contributed by atoms with Crippen LogP contribution in [0.15, 0.2) is 29.0 Å². The minimum Gasteiger partial charge on any atom is -0.463 e. The van der Waals surface area contributed by atoms with E-state index in [-0.39, 0.29) is 0 Å². The van der Waals surface area contributed by atoms with E-state index < -0.39 is 0 Å². The number of nitriles is 1. The van der Waals surface area contributed by atoms with Gasteiger partial charge in [-0.25, -0.2) is 0 Å². The molecule has 0 aliphatic heterocycles. The summed E-state index contributed by atoms with van der Waals surface area (Å²) in [5.41, 5.74) is 0.565. The van der Waals surface area contributed by atoms with Crippen molar-refractivity contribution in [2.75, 3.05) is 0 Å². The molecule has 0 aliphatic rings. The number of aromatic nitrogens is 1. The second-order valence-corrected chi connectivity index (χ2v) is 2.96. The Morgan fingerprint density at radius 1 is 1.58 bits per heavy atom. The van der Waals surface area contributed by atoms with Crippen LogP contribution in [0, 0.1) is 11.3 Å². The topological polar surface area (TPSA) is 49.8 Å². The molecule has 0 spiro atoms. The van der Waals surface area contributed by atoms with Crippen LogP contribution >= 0.6 is 11.5 Å². The van der Waals surface area contributed by atoms with Crippen molar-refractivity contribution in [3.05, 3.63) is 30.2 Å². The highest BCUT2D eigenvalue weighted by molar-refractivity contribution is 7.09. The van der Waals surface area contributed by atoms with Gasteiger partial charge in [-0.2, -0.15) is 9.64 Å². The van der Waals surface area contributed by atoms with E-state index in [0.29, 0.717) is 11.3 Å². The van der Waals surface area contributed by atoms with E-state index >= 15 is 0 Å². The minimum atomic E-state index is 0.565. The molecule has 4 heteroatoms. The van der Waals surface area contributed by atoms with Crippen molar-refractivity contribution in [1.29, 1.82) is 5.26 Å². The molecule has 0 fully saturated rings. The van der Waals surface area contributed by atoms with E-state index in [1.165, 1.54) is 11.5 Å². The Hall–Kier alpha value is -1.60. The lowest BCUT2D eigenvalue weighted by atomic mass is 10.2. The monoisotopic (exact) mass is 176 g/mol. The third-order valence-electron chi connectivity index (χ3n) is 1.44. The fourth-order valence-corrected chi connectivity index (χ4v) is 1.57. The maximum Gasteiger partial charge on any atom is 0.146 e. The van der Waals surface area contributed by atoms with Gasteiger partial charge in [0.15, 0.2) is 0 Å². The zero-order valence-electron chi connectivity index (χ0n) is 6.02. The fourth-order valence-electron chi connectivity index (χ4n) is 0.905. The van der Waals surface area contributed by atoms with Crippen LogP contribution in [0.1, 0.15) is 5.56 Å². The van der Waals surface area contributed by atoms with Gasteiger partial charge < -0.3 is 4.42 Å². The van der Waals surface area contributed by atoms with Crippen molar-refractivity contribution >= 4 is 11.5 Å². The van der Waals surface area contributed by atoms with Crippen LogP contribution in [-0.2, 0) is 0 Å². The molecule has 0 aliphatic carbocycles. The Kier molecular flexibility index (Phi) is 1.65. The summed E-state index contributed by atoms with van der Waals surface area (Å²) < 4.78 is 9.05. The predicted octanol–water partition coefficient (Wildman–Crippen LogP) is 2.27. The summed E-state index contributed by atoms with van der Waals surface area (Å²) in [7, 11) is 0. The molecule has 2 aromatic heterocycles. The van der Waals surface area contributed by atoms with Crippen LogP contribution in [0.2, 0.25) is 0 Å². The number of hydrogen-bond donors (Lipinski definition) is 0. The summed E-state index contributed by atoms with van der Waals surface area (Å²) in [5, 5.41) is 8.68. The molecule has 0 bridgehead atoms. The van der Waals surface area contributed by atoms with Gasteiger partial charge in [-0.15, -0.1) is 0 Å². The molecule has 0 radical (unpaired) electrons. The molecule has 2 heterocycles. The Labute approximate surface area is 73.0 Å². The molecular weight excluding hydrogens is 172 g/mol. The van der Waals surface area contributed by atoms with Crippen LogP contribution in [-0.4, -0.2) is 4.37 Å². The molecule has 0 aromatic carbocycles. The summed E-state index contributed by atoms with van der Waals surface area (Å²) in [6.07, 6.45) is 3.12. The zero-order valence-corrected chi connectivity index (χ0v) is 6.84. The molecule has 0 saturated heterocycles. The average Bonchev–Trinajstić information content (AvgIpc) is 2.74. The third-order valence-corrected chi connectivity index (χ3v) is 2.25. The highest BCUT2D eigenvalue weighted by atomic mass is 32.1. The maximum absolute atomic E-state index is 8.68. The first-order chi connectivity index (χ1) is 5.92. The molecular formula is C8H4N2OS. The van der Waals surface area contributed by atoms with E-state index in [4.69, 9.17) is 9.68 Å². The van der Waals surface area contributed by atoms with E-state index in [2.05, 4.69) is 10.4 Å². The summed E-state index contributed by atoms with van der Waals surface area (Å²) in [6.45, 7) is 0. The van der Waals surface area contributed by atoms with Gasteiger partial charge in [-0.1, -0.05) is 0 Å². The Morgan fingerprint density at radius 3 is 3.17 bits per heavy atom. The molecule has 0 atom stereocenters. The lowest BCUT2D eigenvalue weighted by Crippen LogP contribution is -1.70. The van der Waals surface area contributed by atoms with Gasteiger partial charge in [0.1, 0.15) is 16.7 Å². The van der Waals surface area contributed by atoms with Crippen molar-refractivity contribution < 1.29 is 4.42 Å². The Morgan fingerprint density at radius 2 is 2.50 bits per heavy atom. The predicted molar refractivity (Wildman–Crippen MR) is 44.5 cm³/mol. The summed E-state index contributed by atoms with van der Waals surface area (Å²) >= 11 is 1.27. The van der Waals surface area contributed by atoms with Gasteiger partial charge >= 0.3 is 0 Å². The zero-order chi connectivity index (χ0) is 8.39. The summed E-state index contributed by atoms with van der Waals surface area (Å²) in [4.78, 5) is 0.794. The molecule has 0 unspecified atom stereocenters. The first kappa shape index (κ1) is 7.07. The molecule has 2 rings (SSSR count). The lowest BCUT2D eigenvalue weighted by Gasteiger charge is -1.87. The number of nitrogens with zero attached hydrogens (tertiary/aromatic N) is 2. The minimum absolute atomic E-state index is 0.565. The molecule has 0 amide bonds. The van der Waals surface area contributed by atoms with Gasteiger partial charge in [0.2, 0.25) is 0 Å².